The Morgan fingerprint density at radius 3 is 2.26 bits per heavy atom. The number of hydrogen-bond donors (Lipinski definition) is 1. The first-order valence-corrected chi connectivity index (χ1v) is 6.83. The molecule has 102 valence electrons. The second kappa shape index (κ2) is 5.47. The minimum atomic E-state index is 0.241. The van der Waals surface area contributed by atoms with E-state index in [1.54, 1.807) is 0 Å². The van der Waals surface area contributed by atoms with Gasteiger partial charge in [-0.1, -0.05) is 52.0 Å². The normalized spacial score (nSPS) is 11.5. The average Bonchev–Trinajstić information content (AvgIpc) is 2.72. The highest BCUT2D eigenvalue weighted by molar-refractivity contribution is 5.63. The lowest BCUT2D eigenvalue weighted by Crippen LogP contribution is -1.94. The molecular weight excluding hydrogens is 236 g/mol. The molecule has 0 atom stereocenters. The Kier molecular flexibility index (Phi) is 3.93. The van der Waals surface area contributed by atoms with Crippen LogP contribution in [0.4, 0.5) is 6.01 Å². The van der Waals surface area contributed by atoms with Gasteiger partial charge in [-0.15, -0.1) is 0 Å². The summed E-state index contributed by atoms with van der Waals surface area (Å²) in [7, 11) is 0. The number of nitrogens with zero attached hydrogens (tertiary/aromatic N) is 1. The van der Waals surface area contributed by atoms with Crippen LogP contribution in [0.3, 0.4) is 0 Å². The van der Waals surface area contributed by atoms with Crippen LogP contribution in [-0.2, 0) is 6.42 Å². The second-order valence-corrected chi connectivity index (χ2v) is 5.71. The van der Waals surface area contributed by atoms with Gasteiger partial charge in [-0.2, -0.15) is 4.98 Å². The lowest BCUT2D eigenvalue weighted by Gasteiger charge is -2.07. The molecule has 0 aliphatic carbocycles. The van der Waals surface area contributed by atoms with E-state index in [1.165, 1.54) is 5.56 Å². The van der Waals surface area contributed by atoms with Gasteiger partial charge in [-0.05, 0) is 17.9 Å². The Hall–Kier alpha value is -1.77. The molecule has 0 amide bonds. The topological polar surface area (TPSA) is 52.0 Å². The molecule has 0 saturated heterocycles. The third-order valence-corrected chi connectivity index (χ3v) is 3.07. The summed E-state index contributed by atoms with van der Waals surface area (Å²) in [5, 5.41) is 0. The van der Waals surface area contributed by atoms with Crippen molar-refractivity contribution in [3.05, 3.63) is 35.6 Å². The molecule has 0 spiro atoms. The van der Waals surface area contributed by atoms with E-state index in [-0.39, 0.29) is 11.9 Å². The van der Waals surface area contributed by atoms with Gasteiger partial charge in [0.25, 0.3) is 6.01 Å². The third-order valence-electron chi connectivity index (χ3n) is 3.07. The minimum absolute atomic E-state index is 0.241. The standard InChI is InChI=1S/C16H22N2O/c1-10(2)9-12-5-7-13(8-6-12)14-15(11(3)4)19-16(17)18-14/h5-8,10-11H,9H2,1-4H3,(H2,17,18). The van der Waals surface area contributed by atoms with Gasteiger partial charge >= 0.3 is 0 Å². The van der Waals surface area contributed by atoms with Crippen molar-refractivity contribution in [2.24, 2.45) is 5.92 Å². The van der Waals surface area contributed by atoms with Crippen LogP contribution in [0.1, 0.15) is 44.9 Å². The summed E-state index contributed by atoms with van der Waals surface area (Å²) >= 11 is 0. The monoisotopic (exact) mass is 258 g/mol. The number of anilines is 1. The molecule has 0 unspecified atom stereocenters. The lowest BCUT2D eigenvalue weighted by atomic mass is 9.99. The average molecular weight is 258 g/mol. The number of oxazole rings is 1. The van der Waals surface area contributed by atoms with Gasteiger partial charge < -0.3 is 10.2 Å². The van der Waals surface area contributed by atoms with Crippen LogP contribution < -0.4 is 5.73 Å². The van der Waals surface area contributed by atoms with E-state index in [2.05, 4.69) is 56.9 Å². The number of nitrogen functional groups attached to an aromatic ring is 1. The van der Waals surface area contributed by atoms with Crippen molar-refractivity contribution in [1.82, 2.24) is 4.98 Å². The summed E-state index contributed by atoms with van der Waals surface area (Å²) in [6, 6.07) is 8.75. The molecule has 0 bridgehead atoms. The number of benzene rings is 1. The number of rotatable bonds is 4. The molecule has 0 aliphatic rings. The first-order valence-electron chi connectivity index (χ1n) is 6.83. The predicted molar refractivity (Wildman–Crippen MR) is 79.0 cm³/mol. The molecule has 0 fully saturated rings. The maximum absolute atomic E-state index is 5.67. The van der Waals surface area contributed by atoms with E-state index >= 15 is 0 Å². The van der Waals surface area contributed by atoms with Gasteiger partial charge in [0, 0.05) is 11.5 Å². The van der Waals surface area contributed by atoms with Gasteiger partial charge in [0.1, 0.15) is 11.5 Å². The summed E-state index contributed by atoms with van der Waals surface area (Å²) in [5.41, 5.74) is 8.95. The zero-order chi connectivity index (χ0) is 14.0. The summed E-state index contributed by atoms with van der Waals surface area (Å²) in [6.45, 7) is 8.61. The molecule has 1 heterocycles. The molecule has 19 heavy (non-hydrogen) atoms. The number of hydrogen-bond acceptors (Lipinski definition) is 3. The van der Waals surface area contributed by atoms with Crippen molar-refractivity contribution in [2.75, 3.05) is 5.73 Å². The Morgan fingerprint density at radius 2 is 1.74 bits per heavy atom. The highest BCUT2D eigenvalue weighted by Crippen LogP contribution is 2.30. The first kappa shape index (κ1) is 13.7. The van der Waals surface area contributed by atoms with Crippen molar-refractivity contribution in [3.8, 4) is 11.3 Å². The van der Waals surface area contributed by atoms with Crippen molar-refractivity contribution in [1.29, 1.82) is 0 Å². The summed E-state index contributed by atoms with van der Waals surface area (Å²) in [5.74, 6) is 1.80. The molecule has 0 saturated carbocycles. The van der Waals surface area contributed by atoms with Gasteiger partial charge in [0.15, 0.2) is 0 Å². The van der Waals surface area contributed by atoms with Crippen LogP contribution in [0.2, 0.25) is 0 Å². The summed E-state index contributed by atoms with van der Waals surface area (Å²) < 4.78 is 5.49. The molecular formula is C16H22N2O. The molecule has 1 aromatic heterocycles. The van der Waals surface area contributed by atoms with Crippen molar-refractivity contribution in [3.63, 3.8) is 0 Å². The summed E-state index contributed by atoms with van der Waals surface area (Å²) in [4.78, 5) is 4.30. The van der Waals surface area contributed by atoms with E-state index in [9.17, 15) is 0 Å². The van der Waals surface area contributed by atoms with Crippen molar-refractivity contribution >= 4 is 6.01 Å². The van der Waals surface area contributed by atoms with E-state index in [0.29, 0.717) is 5.92 Å². The van der Waals surface area contributed by atoms with Crippen LogP contribution in [0.5, 0.6) is 0 Å². The highest BCUT2D eigenvalue weighted by atomic mass is 16.4. The maximum atomic E-state index is 5.67. The van der Waals surface area contributed by atoms with Crippen LogP contribution >= 0.6 is 0 Å². The van der Waals surface area contributed by atoms with Crippen LogP contribution in [0.15, 0.2) is 28.7 Å². The van der Waals surface area contributed by atoms with E-state index < -0.39 is 0 Å². The van der Waals surface area contributed by atoms with Gasteiger partial charge in [-0.3, -0.25) is 0 Å². The molecule has 1 aromatic carbocycles. The molecule has 0 aliphatic heterocycles. The Bertz CT molecular complexity index is 538. The highest BCUT2D eigenvalue weighted by Gasteiger charge is 2.16. The molecule has 3 heteroatoms. The molecule has 2 aromatic rings. The molecule has 0 radical (unpaired) electrons. The first-order chi connectivity index (χ1) is 8.97. The van der Waals surface area contributed by atoms with Crippen molar-refractivity contribution in [2.45, 2.75) is 40.0 Å². The quantitative estimate of drug-likeness (QED) is 0.892. The molecule has 2 rings (SSSR count). The second-order valence-electron chi connectivity index (χ2n) is 5.71. The van der Waals surface area contributed by atoms with Gasteiger partial charge in [0.05, 0.1) is 0 Å². The predicted octanol–water partition coefficient (Wildman–Crippen LogP) is 4.25. The van der Waals surface area contributed by atoms with Gasteiger partial charge in [0.2, 0.25) is 0 Å². The Morgan fingerprint density at radius 1 is 1.11 bits per heavy atom. The summed E-state index contributed by atoms with van der Waals surface area (Å²) in [6.07, 6.45) is 1.10. The molecule has 2 N–H and O–H groups in total. The fourth-order valence-electron chi connectivity index (χ4n) is 2.22. The fraction of sp³-hybridized carbons (Fsp3) is 0.438. The van der Waals surface area contributed by atoms with Crippen LogP contribution in [0.25, 0.3) is 11.3 Å². The third kappa shape index (κ3) is 3.16. The number of nitrogens with two attached hydrogens (primary N) is 1. The van der Waals surface area contributed by atoms with Crippen LogP contribution in [0, 0.1) is 5.92 Å². The Balaban J connectivity index is 2.32. The van der Waals surface area contributed by atoms with E-state index in [4.69, 9.17) is 10.2 Å². The van der Waals surface area contributed by atoms with Crippen LogP contribution in [-0.4, -0.2) is 4.98 Å². The fourth-order valence-corrected chi connectivity index (χ4v) is 2.22. The minimum Gasteiger partial charge on any atom is -0.428 e. The molecule has 3 nitrogen and oxygen atoms in total. The number of aromatic nitrogens is 1. The lowest BCUT2D eigenvalue weighted by molar-refractivity contribution is 0.500. The van der Waals surface area contributed by atoms with E-state index in [0.717, 1.165) is 23.4 Å². The maximum Gasteiger partial charge on any atom is 0.292 e. The SMILES string of the molecule is CC(C)Cc1ccc(-c2nc(N)oc2C(C)C)cc1. The van der Waals surface area contributed by atoms with Gasteiger partial charge in [-0.25, -0.2) is 0 Å². The van der Waals surface area contributed by atoms with Crippen molar-refractivity contribution < 1.29 is 4.42 Å². The smallest absolute Gasteiger partial charge is 0.292 e. The zero-order valence-corrected chi connectivity index (χ0v) is 12.1. The zero-order valence-electron chi connectivity index (χ0n) is 12.1. The largest absolute Gasteiger partial charge is 0.428 e. The Labute approximate surface area is 114 Å². The van der Waals surface area contributed by atoms with E-state index in [1.807, 2.05) is 0 Å².